The van der Waals surface area contributed by atoms with Crippen molar-refractivity contribution in [1.29, 1.82) is 0 Å². The van der Waals surface area contributed by atoms with E-state index in [-0.39, 0.29) is 11.3 Å². The van der Waals surface area contributed by atoms with Crippen LogP contribution >= 0.6 is 11.3 Å². The van der Waals surface area contributed by atoms with E-state index in [0.717, 1.165) is 42.4 Å². The molecule has 4 nitrogen and oxygen atoms in total. The van der Waals surface area contributed by atoms with Crippen molar-refractivity contribution in [1.82, 2.24) is 14.9 Å². The Morgan fingerprint density at radius 2 is 1.96 bits per heavy atom. The number of benzene rings is 1. The topological polar surface area (TPSA) is 46.1 Å². The number of carbonyl (C=O) groups excluding carboxylic acids is 1. The van der Waals surface area contributed by atoms with Gasteiger partial charge >= 0.3 is 0 Å². The van der Waals surface area contributed by atoms with Crippen LogP contribution in [0.1, 0.15) is 35.1 Å². The highest BCUT2D eigenvalue weighted by atomic mass is 32.1. The predicted molar refractivity (Wildman–Crippen MR) is 96.3 cm³/mol. The molecule has 0 bridgehead atoms. The Labute approximate surface area is 145 Å². The third-order valence-corrected chi connectivity index (χ3v) is 6.06. The van der Waals surface area contributed by atoms with E-state index in [4.69, 9.17) is 0 Å². The molecule has 1 fully saturated rings. The lowest BCUT2D eigenvalue weighted by atomic mass is 9.81. The molecular weight excluding hydrogens is 318 g/mol. The first-order valence-corrected chi connectivity index (χ1v) is 9.08. The normalized spacial score (nSPS) is 17.1. The highest BCUT2D eigenvalue weighted by Crippen LogP contribution is 2.36. The first-order valence-electron chi connectivity index (χ1n) is 8.20. The lowest BCUT2D eigenvalue weighted by Crippen LogP contribution is -2.44. The second kappa shape index (κ2) is 5.98. The summed E-state index contributed by atoms with van der Waals surface area (Å²) in [5.41, 5.74) is 1.71. The molecule has 24 heavy (non-hydrogen) atoms. The highest BCUT2D eigenvalue weighted by Gasteiger charge is 2.35. The van der Waals surface area contributed by atoms with Gasteiger partial charge in [-0.15, -0.1) is 11.3 Å². The molecule has 1 aromatic carbocycles. The second-order valence-electron chi connectivity index (χ2n) is 6.57. The van der Waals surface area contributed by atoms with Crippen LogP contribution in [-0.2, 0) is 5.41 Å². The van der Waals surface area contributed by atoms with Crippen molar-refractivity contribution >= 4 is 28.1 Å². The van der Waals surface area contributed by atoms with E-state index < -0.39 is 0 Å². The van der Waals surface area contributed by atoms with Gasteiger partial charge in [-0.3, -0.25) is 9.78 Å². The van der Waals surface area contributed by atoms with Gasteiger partial charge in [0, 0.05) is 47.2 Å². The lowest BCUT2D eigenvalue weighted by molar-refractivity contribution is 0.0678. The van der Waals surface area contributed by atoms with Crippen molar-refractivity contribution in [3.63, 3.8) is 0 Å². The van der Waals surface area contributed by atoms with Gasteiger partial charge in [0.05, 0.1) is 10.5 Å². The number of rotatable bonds is 2. The summed E-state index contributed by atoms with van der Waals surface area (Å²) in [4.78, 5) is 23.8. The van der Waals surface area contributed by atoms with E-state index in [2.05, 4.69) is 16.9 Å². The molecule has 3 aromatic rings. The van der Waals surface area contributed by atoms with Crippen LogP contribution in [0.2, 0.25) is 0 Å². The summed E-state index contributed by atoms with van der Waals surface area (Å²) >= 11 is 1.71. The fraction of sp³-hybridized carbons (Fsp3) is 0.316. The summed E-state index contributed by atoms with van der Waals surface area (Å²) in [6.45, 7) is 3.80. The SMILES string of the molecule is CC1(c2nccs2)CCN(C(=O)c2cccc3ncccc23)CC1. The zero-order valence-electron chi connectivity index (χ0n) is 13.6. The monoisotopic (exact) mass is 337 g/mol. The van der Waals surface area contributed by atoms with Gasteiger partial charge in [0.15, 0.2) is 0 Å². The van der Waals surface area contributed by atoms with Gasteiger partial charge in [-0.2, -0.15) is 0 Å². The van der Waals surface area contributed by atoms with Gasteiger partial charge in [0.25, 0.3) is 5.91 Å². The van der Waals surface area contributed by atoms with Crippen LogP contribution in [0.5, 0.6) is 0 Å². The molecule has 1 aliphatic rings. The Morgan fingerprint density at radius 3 is 2.71 bits per heavy atom. The molecule has 0 radical (unpaired) electrons. The maximum Gasteiger partial charge on any atom is 0.254 e. The Hall–Kier alpha value is -2.27. The lowest BCUT2D eigenvalue weighted by Gasteiger charge is -2.38. The Bertz CT molecular complexity index is 862. The van der Waals surface area contributed by atoms with Crippen LogP contribution in [-0.4, -0.2) is 33.9 Å². The van der Waals surface area contributed by atoms with E-state index in [1.54, 1.807) is 17.5 Å². The number of likely N-dealkylation sites (tertiary alicyclic amines) is 1. The third kappa shape index (κ3) is 2.59. The standard InChI is InChI=1S/C19H19N3OS/c1-19(18-21-10-13-24-18)7-11-22(12-8-19)17(23)15-4-2-6-16-14(15)5-3-9-20-16/h2-6,9-10,13H,7-8,11-12H2,1H3. The van der Waals surface area contributed by atoms with Gasteiger partial charge < -0.3 is 4.90 Å². The van der Waals surface area contributed by atoms with Gasteiger partial charge in [0.1, 0.15) is 0 Å². The van der Waals surface area contributed by atoms with Gasteiger partial charge in [-0.25, -0.2) is 4.98 Å². The molecule has 4 rings (SSSR count). The fourth-order valence-electron chi connectivity index (χ4n) is 3.40. The number of amides is 1. The molecule has 0 N–H and O–H groups in total. The maximum atomic E-state index is 13.0. The summed E-state index contributed by atoms with van der Waals surface area (Å²) in [6.07, 6.45) is 5.54. The molecule has 122 valence electrons. The first-order chi connectivity index (χ1) is 11.7. The average Bonchev–Trinajstić information content (AvgIpc) is 3.17. The van der Waals surface area contributed by atoms with E-state index in [1.807, 2.05) is 46.8 Å². The Balaban J connectivity index is 1.56. The molecule has 1 saturated heterocycles. The number of carbonyl (C=O) groups is 1. The second-order valence-corrected chi connectivity index (χ2v) is 7.46. The third-order valence-electron chi connectivity index (χ3n) is 4.98. The minimum absolute atomic E-state index is 0.0885. The van der Waals surface area contributed by atoms with Crippen molar-refractivity contribution in [3.05, 3.63) is 58.7 Å². The first kappa shape index (κ1) is 15.3. The predicted octanol–water partition coefficient (Wildman–Crippen LogP) is 3.89. The molecule has 0 unspecified atom stereocenters. The van der Waals surface area contributed by atoms with Crippen molar-refractivity contribution in [2.24, 2.45) is 0 Å². The zero-order chi connectivity index (χ0) is 16.6. The van der Waals surface area contributed by atoms with Crippen molar-refractivity contribution in [2.45, 2.75) is 25.2 Å². The smallest absolute Gasteiger partial charge is 0.254 e. The van der Waals surface area contributed by atoms with Crippen LogP contribution in [0.15, 0.2) is 48.1 Å². The molecule has 3 heterocycles. The zero-order valence-corrected chi connectivity index (χ0v) is 14.4. The number of piperidine rings is 1. The minimum atomic E-state index is 0.0885. The summed E-state index contributed by atoms with van der Waals surface area (Å²) in [5.74, 6) is 0.106. The van der Waals surface area contributed by atoms with Crippen LogP contribution in [0.3, 0.4) is 0 Å². The number of hydrogen-bond donors (Lipinski definition) is 0. The molecular formula is C19H19N3OS. The van der Waals surface area contributed by atoms with Crippen molar-refractivity contribution in [2.75, 3.05) is 13.1 Å². The van der Waals surface area contributed by atoms with Gasteiger partial charge in [0.2, 0.25) is 0 Å². The quantitative estimate of drug-likeness (QED) is 0.713. The number of hydrogen-bond acceptors (Lipinski definition) is 4. The number of thiazole rings is 1. The average molecular weight is 337 g/mol. The van der Waals surface area contributed by atoms with Crippen LogP contribution in [0.25, 0.3) is 10.9 Å². The number of aromatic nitrogens is 2. The van der Waals surface area contributed by atoms with Gasteiger partial charge in [-0.1, -0.05) is 19.1 Å². The summed E-state index contributed by atoms with van der Waals surface area (Å²) in [7, 11) is 0. The Kier molecular flexibility index (Phi) is 3.81. The van der Waals surface area contributed by atoms with Crippen molar-refractivity contribution in [3.8, 4) is 0 Å². The summed E-state index contributed by atoms with van der Waals surface area (Å²) in [5, 5.41) is 4.14. The number of fused-ring (bicyclic) bond motifs is 1. The van der Waals surface area contributed by atoms with Crippen LogP contribution in [0.4, 0.5) is 0 Å². The molecule has 0 atom stereocenters. The van der Waals surface area contributed by atoms with Crippen LogP contribution < -0.4 is 0 Å². The molecule has 1 aliphatic heterocycles. The van der Waals surface area contributed by atoms with E-state index in [1.165, 1.54) is 5.01 Å². The molecule has 0 saturated carbocycles. The fourth-order valence-corrected chi connectivity index (χ4v) is 4.26. The maximum absolute atomic E-state index is 13.0. The van der Waals surface area contributed by atoms with E-state index in [0.29, 0.717) is 0 Å². The summed E-state index contributed by atoms with van der Waals surface area (Å²) in [6, 6.07) is 9.61. The molecule has 1 amide bonds. The molecule has 0 spiro atoms. The van der Waals surface area contributed by atoms with Crippen LogP contribution in [0, 0.1) is 0 Å². The summed E-state index contributed by atoms with van der Waals surface area (Å²) < 4.78 is 0. The Morgan fingerprint density at radius 1 is 1.12 bits per heavy atom. The number of pyridine rings is 1. The van der Waals surface area contributed by atoms with Gasteiger partial charge in [-0.05, 0) is 31.0 Å². The largest absolute Gasteiger partial charge is 0.339 e. The molecule has 2 aromatic heterocycles. The highest BCUT2D eigenvalue weighted by molar-refractivity contribution is 7.09. The van der Waals surface area contributed by atoms with Crippen molar-refractivity contribution < 1.29 is 4.79 Å². The minimum Gasteiger partial charge on any atom is -0.339 e. The number of nitrogens with zero attached hydrogens (tertiary/aromatic N) is 3. The van der Waals surface area contributed by atoms with E-state index in [9.17, 15) is 4.79 Å². The van der Waals surface area contributed by atoms with E-state index >= 15 is 0 Å². The molecule has 5 heteroatoms. The molecule has 0 aliphatic carbocycles.